The number of carboxylic acid groups (broad SMARTS) is 1. The number of carbonyl (C=O) groups excluding carboxylic acids is 1. The zero-order valence-electron chi connectivity index (χ0n) is 20.3. The van der Waals surface area contributed by atoms with Gasteiger partial charge >= 0.3 is 5.97 Å². The van der Waals surface area contributed by atoms with Gasteiger partial charge in [0.2, 0.25) is 0 Å². The third-order valence-corrected chi connectivity index (χ3v) is 6.77. The number of fused-ring (bicyclic) bond motifs is 2. The quantitative estimate of drug-likeness (QED) is 0.363. The molecule has 0 saturated carbocycles. The molecule has 3 aromatic carbocycles. The molecular weight excluding hydrogens is 478 g/mol. The van der Waals surface area contributed by atoms with Gasteiger partial charge < -0.3 is 10.0 Å². The minimum Gasteiger partial charge on any atom is -0.478 e. The Kier molecular flexibility index (Phi) is 5.76. The number of benzene rings is 3. The number of hydrogen-bond donors (Lipinski definition) is 1. The third kappa shape index (κ3) is 3.89. The van der Waals surface area contributed by atoms with Crippen molar-refractivity contribution < 1.29 is 14.7 Å². The number of rotatable bonds is 5. The smallest absolute Gasteiger partial charge is 0.335 e. The van der Waals surface area contributed by atoms with E-state index in [1.807, 2.05) is 50.4 Å². The molecule has 1 N–H and O–H groups in total. The summed E-state index contributed by atoms with van der Waals surface area (Å²) < 4.78 is 3.36. The van der Waals surface area contributed by atoms with E-state index in [9.17, 15) is 14.7 Å². The molecule has 0 aliphatic rings. The summed E-state index contributed by atoms with van der Waals surface area (Å²) in [5, 5.41) is 20.6. The Hall–Kier alpha value is -4.17. The molecule has 5 rings (SSSR count). The Morgan fingerprint density at radius 2 is 1.81 bits per heavy atom. The molecule has 0 saturated heterocycles. The van der Waals surface area contributed by atoms with Gasteiger partial charge in [0, 0.05) is 31.9 Å². The molecule has 0 aliphatic heterocycles. The van der Waals surface area contributed by atoms with Gasteiger partial charge in [0.25, 0.3) is 5.91 Å². The average Bonchev–Trinajstić information content (AvgIpc) is 3.34. The molecule has 0 aliphatic carbocycles. The fourth-order valence-corrected chi connectivity index (χ4v) is 4.96. The molecule has 0 spiro atoms. The van der Waals surface area contributed by atoms with Crippen LogP contribution < -0.4 is 0 Å². The number of hydrogen-bond acceptors (Lipinski definition) is 4. The number of aryl methyl sites for hydroxylation is 3. The maximum Gasteiger partial charge on any atom is 0.335 e. The summed E-state index contributed by atoms with van der Waals surface area (Å²) in [6.45, 7) is 2.17. The summed E-state index contributed by atoms with van der Waals surface area (Å²) in [4.78, 5) is 26.4. The van der Waals surface area contributed by atoms with Crippen molar-refractivity contribution in [2.45, 2.75) is 13.5 Å². The van der Waals surface area contributed by atoms with Crippen LogP contribution >= 0.6 is 11.6 Å². The number of carboxylic acids is 1. The maximum atomic E-state index is 13.5. The largest absolute Gasteiger partial charge is 0.478 e. The SMILES string of the molecule is Cc1cc(C(=O)O)ccc1-c1ccc2c(C(=O)N(C)Cc3nn(C)c4cccc(Cl)c34)n(C)nc2c1. The number of aromatic nitrogens is 4. The molecule has 2 aromatic heterocycles. The van der Waals surface area contributed by atoms with Gasteiger partial charge in [0.15, 0.2) is 0 Å². The van der Waals surface area contributed by atoms with Gasteiger partial charge in [-0.15, -0.1) is 0 Å². The van der Waals surface area contributed by atoms with Crippen molar-refractivity contribution in [1.82, 2.24) is 24.5 Å². The van der Waals surface area contributed by atoms with Crippen LogP contribution in [0.5, 0.6) is 0 Å². The van der Waals surface area contributed by atoms with E-state index in [2.05, 4.69) is 10.2 Å². The van der Waals surface area contributed by atoms with Gasteiger partial charge in [0.1, 0.15) is 5.69 Å². The van der Waals surface area contributed by atoms with Crippen molar-refractivity contribution in [3.63, 3.8) is 0 Å². The average molecular weight is 502 g/mol. The van der Waals surface area contributed by atoms with E-state index in [-0.39, 0.29) is 11.5 Å². The lowest BCUT2D eigenvalue weighted by Gasteiger charge is -2.16. The summed E-state index contributed by atoms with van der Waals surface area (Å²) in [6, 6.07) is 16.4. The van der Waals surface area contributed by atoms with Crippen LogP contribution in [0.1, 0.15) is 32.1 Å². The lowest BCUT2D eigenvalue weighted by atomic mass is 9.97. The molecule has 2 heterocycles. The summed E-state index contributed by atoms with van der Waals surface area (Å²) in [7, 11) is 5.34. The fourth-order valence-electron chi connectivity index (χ4n) is 4.68. The van der Waals surface area contributed by atoms with Crippen molar-refractivity contribution in [2.24, 2.45) is 14.1 Å². The lowest BCUT2D eigenvalue weighted by Crippen LogP contribution is -2.28. The molecule has 0 bridgehead atoms. The van der Waals surface area contributed by atoms with Crippen LogP contribution in [0.25, 0.3) is 32.9 Å². The normalized spacial score (nSPS) is 11.4. The molecule has 8 nitrogen and oxygen atoms in total. The van der Waals surface area contributed by atoms with E-state index in [1.54, 1.807) is 46.6 Å². The molecule has 5 aromatic rings. The highest BCUT2D eigenvalue weighted by atomic mass is 35.5. The Bertz CT molecular complexity index is 1680. The zero-order valence-corrected chi connectivity index (χ0v) is 21.0. The van der Waals surface area contributed by atoms with E-state index >= 15 is 0 Å². The van der Waals surface area contributed by atoms with E-state index in [4.69, 9.17) is 11.6 Å². The maximum absolute atomic E-state index is 13.5. The molecule has 36 heavy (non-hydrogen) atoms. The predicted molar refractivity (Wildman–Crippen MR) is 139 cm³/mol. The summed E-state index contributed by atoms with van der Waals surface area (Å²) in [5.74, 6) is -1.14. The summed E-state index contributed by atoms with van der Waals surface area (Å²) in [5.41, 5.74) is 5.69. The monoisotopic (exact) mass is 501 g/mol. The van der Waals surface area contributed by atoms with Crippen LogP contribution in [0.4, 0.5) is 0 Å². The van der Waals surface area contributed by atoms with Crippen molar-refractivity contribution in [2.75, 3.05) is 7.05 Å². The zero-order chi connectivity index (χ0) is 25.7. The van der Waals surface area contributed by atoms with E-state index in [0.717, 1.165) is 38.7 Å². The van der Waals surface area contributed by atoms with Gasteiger partial charge in [0.05, 0.1) is 33.9 Å². The molecular formula is C27H24ClN5O3. The van der Waals surface area contributed by atoms with E-state index in [0.29, 0.717) is 22.8 Å². The van der Waals surface area contributed by atoms with Crippen molar-refractivity contribution >= 4 is 45.3 Å². The highest BCUT2D eigenvalue weighted by Gasteiger charge is 2.23. The minimum atomic E-state index is -0.960. The van der Waals surface area contributed by atoms with Crippen LogP contribution in [0, 0.1) is 6.92 Å². The number of aromatic carboxylic acids is 1. The van der Waals surface area contributed by atoms with Crippen LogP contribution in [-0.2, 0) is 20.6 Å². The molecule has 1 amide bonds. The highest BCUT2D eigenvalue weighted by molar-refractivity contribution is 6.35. The summed E-state index contributed by atoms with van der Waals surface area (Å²) in [6.07, 6.45) is 0. The van der Waals surface area contributed by atoms with Crippen LogP contribution in [0.15, 0.2) is 54.6 Å². The first-order valence-electron chi connectivity index (χ1n) is 11.3. The van der Waals surface area contributed by atoms with Crippen LogP contribution in [0.3, 0.4) is 0 Å². The molecule has 0 radical (unpaired) electrons. The first kappa shape index (κ1) is 23.6. The number of nitrogens with zero attached hydrogens (tertiary/aromatic N) is 5. The van der Waals surface area contributed by atoms with Gasteiger partial charge in [-0.2, -0.15) is 10.2 Å². The first-order chi connectivity index (χ1) is 17.2. The molecule has 0 fully saturated rings. The number of carbonyl (C=O) groups is 2. The molecule has 9 heteroatoms. The Morgan fingerprint density at radius 1 is 1.03 bits per heavy atom. The Labute approximate surface area is 212 Å². The second kappa shape index (κ2) is 8.80. The standard InChI is InChI=1S/C27H24ClN5O3/c1-15-12-17(27(35)36)9-10-18(15)16-8-11-19-21(13-16)29-33(4)25(19)26(34)31(2)14-22-24-20(28)6-5-7-23(24)32(3)30-22/h5-13H,14H2,1-4H3,(H,35,36). The van der Waals surface area contributed by atoms with Crippen molar-refractivity contribution in [3.8, 4) is 11.1 Å². The van der Waals surface area contributed by atoms with Gasteiger partial charge in [-0.05, 0) is 60.0 Å². The second-order valence-corrected chi connectivity index (χ2v) is 9.31. The third-order valence-electron chi connectivity index (χ3n) is 6.45. The Balaban J connectivity index is 1.48. The first-order valence-corrected chi connectivity index (χ1v) is 11.7. The van der Waals surface area contributed by atoms with Gasteiger partial charge in [-0.25, -0.2) is 4.79 Å². The van der Waals surface area contributed by atoms with Gasteiger partial charge in [-0.1, -0.05) is 29.8 Å². The minimum absolute atomic E-state index is 0.180. The van der Waals surface area contributed by atoms with E-state index in [1.165, 1.54) is 0 Å². The van der Waals surface area contributed by atoms with E-state index < -0.39 is 5.97 Å². The number of amides is 1. The highest BCUT2D eigenvalue weighted by Crippen LogP contribution is 2.30. The second-order valence-electron chi connectivity index (χ2n) is 8.90. The van der Waals surface area contributed by atoms with Crippen molar-refractivity contribution in [1.29, 1.82) is 0 Å². The Morgan fingerprint density at radius 3 is 2.53 bits per heavy atom. The fraction of sp³-hybridized carbons (Fsp3) is 0.185. The van der Waals surface area contributed by atoms with Gasteiger partial charge in [-0.3, -0.25) is 14.2 Å². The lowest BCUT2D eigenvalue weighted by molar-refractivity contribution is 0.0696. The molecule has 0 atom stereocenters. The molecule has 0 unspecified atom stereocenters. The summed E-state index contributed by atoms with van der Waals surface area (Å²) >= 11 is 6.44. The molecule has 182 valence electrons. The topological polar surface area (TPSA) is 93.3 Å². The van der Waals surface area contributed by atoms with Crippen LogP contribution in [0.2, 0.25) is 5.02 Å². The predicted octanol–water partition coefficient (Wildman–Crippen LogP) is 5.06. The number of halogens is 1. The van der Waals surface area contributed by atoms with Crippen molar-refractivity contribution in [3.05, 3.63) is 82.1 Å². The van der Waals surface area contributed by atoms with Crippen LogP contribution in [-0.4, -0.2) is 48.5 Å².